The van der Waals surface area contributed by atoms with Crippen LogP contribution in [0, 0.1) is 0 Å². The van der Waals surface area contributed by atoms with Crippen molar-refractivity contribution >= 4 is 23.4 Å². The number of carbonyl (C=O) groups excluding carboxylic acids is 1. The number of amides is 1. The summed E-state index contributed by atoms with van der Waals surface area (Å²) < 4.78 is 5.34. The molecule has 2 heterocycles. The number of aromatic nitrogens is 2. The highest BCUT2D eigenvalue weighted by atomic mass is 32.2. The molecule has 1 aliphatic rings. The Bertz CT molecular complexity index is 863. The van der Waals surface area contributed by atoms with Gasteiger partial charge in [0, 0.05) is 11.3 Å². The molecule has 24 heavy (non-hydrogen) atoms. The number of benzene rings is 2. The van der Waals surface area contributed by atoms with Gasteiger partial charge >= 0.3 is 0 Å². The number of nitrogens with zero attached hydrogens (tertiary/aromatic N) is 3. The maximum absolute atomic E-state index is 12.3. The Balaban J connectivity index is 1.53. The van der Waals surface area contributed by atoms with Gasteiger partial charge in [-0.1, -0.05) is 47.6 Å². The summed E-state index contributed by atoms with van der Waals surface area (Å²) in [5, 5.41) is 4.03. The molecule has 0 fully saturated rings. The quantitative estimate of drug-likeness (QED) is 0.731. The number of thioether (sulfide) groups is 1. The second-order valence-corrected chi connectivity index (χ2v) is 6.52. The third kappa shape index (κ3) is 3.05. The lowest BCUT2D eigenvalue weighted by Gasteiger charge is -2.27. The first-order chi connectivity index (χ1) is 11.8. The Labute approximate surface area is 143 Å². The molecule has 4 rings (SSSR count). The van der Waals surface area contributed by atoms with Gasteiger partial charge in [0.1, 0.15) is 6.54 Å². The van der Waals surface area contributed by atoms with Crippen LogP contribution >= 0.6 is 11.8 Å². The first-order valence-electron chi connectivity index (χ1n) is 7.67. The standard InChI is InChI=1S/C18H15N3O2S/c22-18-12-24-15-9-5-4-8-14(15)21(18)11-17-19-16(20-23-17)10-13-6-2-1-3-7-13/h1-9H,10-12H2. The van der Waals surface area contributed by atoms with Crippen molar-refractivity contribution in [1.82, 2.24) is 10.1 Å². The molecule has 6 heteroatoms. The van der Waals surface area contributed by atoms with Gasteiger partial charge in [0.05, 0.1) is 11.4 Å². The van der Waals surface area contributed by atoms with E-state index in [1.54, 1.807) is 16.7 Å². The summed E-state index contributed by atoms with van der Waals surface area (Å²) in [6.07, 6.45) is 0.616. The maximum Gasteiger partial charge on any atom is 0.246 e. The summed E-state index contributed by atoms with van der Waals surface area (Å²) in [5.74, 6) is 1.57. The smallest absolute Gasteiger partial charge is 0.246 e. The van der Waals surface area contributed by atoms with Crippen molar-refractivity contribution in [2.24, 2.45) is 0 Å². The summed E-state index contributed by atoms with van der Waals surface area (Å²) in [6, 6.07) is 17.9. The fraction of sp³-hybridized carbons (Fsp3) is 0.167. The minimum absolute atomic E-state index is 0.0570. The van der Waals surface area contributed by atoms with Gasteiger partial charge in [0.25, 0.3) is 0 Å². The van der Waals surface area contributed by atoms with E-state index in [9.17, 15) is 4.79 Å². The monoisotopic (exact) mass is 337 g/mol. The van der Waals surface area contributed by atoms with E-state index in [-0.39, 0.29) is 5.91 Å². The molecule has 0 saturated heterocycles. The SMILES string of the molecule is O=C1CSc2ccccc2N1Cc1nc(Cc2ccccc2)no1. The Kier molecular flexibility index (Phi) is 4.04. The zero-order chi connectivity index (χ0) is 16.4. The van der Waals surface area contributed by atoms with Crippen LogP contribution in [0.25, 0.3) is 0 Å². The lowest BCUT2D eigenvalue weighted by Crippen LogP contribution is -2.34. The highest BCUT2D eigenvalue weighted by Crippen LogP contribution is 2.35. The highest BCUT2D eigenvalue weighted by molar-refractivity contribution is 8.00. The molecular weight excluding hydrogens is 322 g/mol. The van der Waals surface area contributed by atoms with E-state index in [0.717, 1.165) is 16.1 Å². The van der Waals surface area contributed by atoms with Gasteiger partial charge in [0.2, 0.25) is 11.8 Å². The molecule has 3 aromatic rings. The largest absolute Gasteiger partial charge is 0.337 e. The molecule has 1 aromatic heterocycles. The summed E-state index contributed by atoms with van der Waals surface area (Å²) >= 11 is 1.56. The van der Waals surface area contributed by atoms with Gasteiger partial charge in [-0.25, -0.2) is 0 Å². The highest BCUT2D eigenvalue weighted by Gasteiger charge is 2.26. The normalized spacial score (nSPS) is 13.8. The van der Waals surface area contributed by atoms with E-state index in [0.29, 0.717) is 30.4 Å². The van der Waals surface area contributed by atoms with Crippen LogP contribution in [0.15, 0.2) is 64.0 Å². The topological polar surface area (TPSA) is 59.2 Å². The van der Waals surface area contributed by atoms with Gasteiger partial charge in [-0.05, 0) is 17.7 Å². The van der Waals surface area contributed by atoms with Crippen molar-refractivity contribution in [1.29, 1.82) is 0 Å². The molecule has 0 unspecified atom stereocenters. The predicted octanol–water partition coefficient (Wildman–Crippen LogP) is 3.30. The number of hydrogen-bond acceptors (Lipinski definition) is 5. The molecule has 0 aliphatic carbocycles. The number of anilines is 1. The molecule has 0 spiro atoms. The zero-order valence-electron chi connectivity index (χ0n) is 12.9. The van der Waals surface area contributed by atoms with Crippen LogP contribution in [0.1, 0.15) is 17.3 Å². The molecule has 1 amide bonds. The minimum atomic E-state index is 0.0570. The van der Waals surface area contributed by atoms with E-state index >= 15 is 0 Å². The molecule has 0 radical (unpaired) electrons. The van der Waals surface area contributed by atoms with Crippen LogP contribution in [-0.2, 0) is 17.8 Å². The van der Waals surface area contributed by atoms with Crippen LogP contribution in [-0.4, -0.2) is 21.8 Å². The van der Waals surface area contributed by atoms with E-state index in [4.69, 9.17) is 4.52 Å². The van der Waals surface area contributed by atoms with Gasteiger partial charge in [-0.2, -0.15) is 4.98 Å². The second kappa shape index (κ2) is 6.49. The number of fused-ring (bicyclic) bond motifs is 1. The third-order valence-corrected chi connectivity index (χ3v) is 4.86. The average Bonchev–Trinajstić information content (AvgIpc) is 3.05. The Morgan fingerprint density at radius 2 is 1.88 bits per heavy atom. The van der Waals surface area contributed by atoms with Gasteiger partial charge in [-0.3, -0.25) is 4.79 Å². The second-order valence-electron chi connectivity index (χ2n) is 5.50. The van der Waals surface area contributed by atoms with Crippen LogP contribution in [0.2, 0.25) is 0 Å². The lowest BCUT2D eigenvalue weighted by atomic mass is 10.1. The van der Waals surface area contributed by atoms with Crippen molar-refractivity contribution in [2.75, 3.05) is 10.7 Å². The predicted molar refractivity (Wildman–Crippen MR) is 91.9 cm³/mol. The van der Waals surface area contributed by atoms with Crippen molar-refractivity contribution in [3.05, 3.63) is 71.9 Å². The van der Waals surface area contributed by atoms with Crippen LogP contribution in [0.4, 0.5) is 5.69 Å². The fourth-order valence-electron chi connectivity index (χ4n) is 2.67. The molecule has 1 aliphatic heterocycles. The molecule has 0 N–H and O–H groups in total. The maximum atomic E-state index is 12.3. The molecule has 2 aromatic carbocycles. The van der Waals surface area contributed by atoms with Crippen molar-refractivity contribution in [3.63, 3.8) is 0 Å². The first kappa shape index (κ1) is 15.0. The molecule has 0 atom stereocenters. The van der Waals surface area contributed by atoms with Gasteiger partial charge in [-0.15, -0.1) is 11.8 Å². The van der Waals surface area contributed by atoms with E-state index in [1.165, 1.54) is 0 Å². The van der Waals surface area contributed by atoms with Gasteiger partial charge < -0.3 is 9.42 Å². The number of rotatable bonds is 4. The first-order valence-corrected chi connectivity index (χ1v) is 8.66. The van der Waals surface area contributed by atoms with Crippen LogP contribution in [0.5, 0.6) is 0 Å². The molecular formula is C18H15N3O2S. The summed E-state index contributed by atoms with van der Waals surface area (Å²) in [7, 11) is 0. The molecule has 120 valence electrons. The number of carbonyl (C=O) groups is 1. The zero-order valence-corrected chi connectivity index (χ0v) is 13.7. The molecule has 5 nitrogen and oxygen atoms in total. The van der Waals surface area contributed by atoms with E-state index in [2.05, 4.69) is 10.1 Å². The summed E-state index contributed by atoms with van der Waals surface area (Å²) in [5.41, 5.74) is 2.03. The Morgan fingerprint density at radius 3 is 2.75 bits per heavy atom. The summed E-state index contributed by atoms with van der Waals surface area (Å²) in [6.45, 7) is 0.304. The summed E-state index contributed by atoms with van der Waals surface area (Å²) in [4.78, 5) is 19.5. The fourth-order valence-corrected chi connectivity index (χ4v) is 3.60. The van der Waals surface area contributed by atoms with Crippen molar-refractivity contribution in [2.45, 2.75) is 17.9 Å². The average molecular weight is 337 g/mol. The lowest BCUT2D eigenvalue weighted by molar-refractivity contribution is -0.116. The van der Waals surface area contributed by atoms with Crippen molar-refractivity contribution < 1.29 is 9.32 Å². The van der Waals surface area contributed by atoms with Gasteiger partial charge in [0.15, 0.2) is 5.82 Å². The van der Waals surface area contributed by atoms with E-state index < -0.39 is 0 Å². The number of hydrogen-bond donors (Lipinski definition) is 0. The minimum Gasteiger partial charge on any atom is -0.337 e. The number of para-hydroxylation sites is 1. The van der Waals surface area contributed by atoms with E-state index in [1.807, 2.05) is 54.6 Å². The Hall–Kier alpha value is -2.60. The molecule has 0 bridgehead atoms. The third-order valence-electron chi connectivity index (χ3n) is 3.82. The molecule has 0 saturated carbocycles. The van der Waals surface area contributed by atoms with Crippen molar-refractivity contribution in [3.8, 4) is 0 Å². The van der Waals surface area contributed by atoms with Crippen LogP contribution < -0.4 is 4.90 Å². The Morgan fingerprint density at radius 1 is 1.08 bits per heavy atom. The van der Waals surface area contributed by atoms with Crippen LogP contribution in [0.3, 0.4) is 0 Å².